The van der Waals surface area contributed by atoms with Crippen molar-refractivity contribution in [2.24, 2.45) is 5.10 Å². The fourth-order valence-corrected chi connectivity index (χ4v) is 1.91. The fourth-order valence-electron chi connectivity index (χ4n) is 1.91. The molecule has 0 aliphatic heterocycles. The van der Waals surface area contributed by atoms with Gasteiger partial charge in [-0.05, 0) is 42.2 Å². The summed E-state index contributed by atoms with van der Waals surface area (Å²) in [4.78, 5) is 11.7. The molecular formula is C18H20N2O2. The van der Waals surface area contributed by atoms with Crippen molar-refractivity contribution in [1.29, 1.82) is 0 Å². The van der Waals surface area contributed by atoms with Crippen LogP contribution in [0, 0.1) is 6.92 Å². The Morgan fingerprint density at radius 1 is 1.18 bits per heavy atom. The third-order valence-electron chi connectivity index (χ3n) is 3.28. The molecule has 2 aromatic carbocycles. The lowest BCUT2D eigenvalue weighted by Gasteiger charge is -2.05. The molecular weight excluding hydrogens is 276 g/mol. The summed E-state index contributed by atoms with van der Waals surface area (Å²) in [5.41, 5.74) is 5.77. The number of benzene rings is 2. The summed E-state index contributed by atoms with van der Waals surface area (Å²) >= 11 is 0. The van der Waals surface area contributed by atoms with E-state index in [-0.39, 0.29) is 12.5 Å². The molecule has 0 unspecified atom stereocenters. The van der Waals surface area contributed by atoms with Crippen LogP contribution in [0.1, 0.15) is 23.6 Å². The Balaban J connectivity index is 1.79. The Labute approximate surface area is 130 Å². The molecule has 2 rings (SSSR count). The maximum atomic E-state index is 11.7. The van der Waals surface area contributed by atoms with Gasteiger partial charge in [-0.2, -0.15) is 5.10 Å². The Morgan fingerprint density at radius 2 is 1.91 bits per heavy atom. The molecule has 4 heteroatoms. The standard InChI is InChI=1S/C18H20N2O2/c1-3-15-8-10-17(11-9-15)22-13-18(21)20-19-12-16-7-5-4-6-14(16)2/h4-12H,3,13H2,1-2H3,(H,20,21)/b19-12+. The summed E-state index contributed by atoms with van der Waals surface area (Å²) in [6, 6.07) is 15.5. The summed E-state index contributed by atoms with van der Waals surface area (Å²) in [6.45, 7) is 4.03. The molecule has 0 radical (unpaired) electrons. The highest BCUT2D eigenvalue weighted by Crippen LogP contribution is 2.12. The average molecular weight is 296 g/mol. The van der Waals surface area contributed by atoms with Crippen molar-refractivity contribution in [3.05, 3.63) is 65.2 Å². The van der Waals surface area contributed by atoms with Gasteiger partial charge in [0.2, 0.25) is 0 Å². The molecule has 2 aromatic rings. The van der Waals surface area contributed by atoms with Crippen molar-refractivity contribution in [3.63, 3.8) is 0 Å². The van der Waals surface area contributed by atoms with Crippen molar-refractivity contribution in [1.82, 2.24) is 5.43 Å². The minimum absolute atomic E-state index is 0.0589. The number of hydrogen-bond acceptors (Lipinski definition) is 3. The van der Waals surface area contributed by atoms with Gasteiger partial charge in [-0.25, -0.2) is 5.43 Å². The van der Waals surface area contributed by atoms with E-state index in [1.807, 2.05) is 55.5 Å². The van der Waals surface area contributed by atoms with Crippen LogP contribution in [0.3, 0.4) is 0 Å². The van der Waals surface area contributed by atoms with Gasteiger partial charge in [0.25, 0.3) is 5.91 Å². The Morgan fingerprint density at radius 3 is 2.59 bits per heavy atom. The van der Waals surface area contributed by atoms with E-state index in [0.717, 1.165) is 17.5 Å². The number of hydrazone groups is 1. The molecule has 0 atom stereocenters. The van der Waals surface area contributed by atoms with Crippen LogP contribution in [-0.4, -0.2) is 18.7 Å². The molecule has 114 valence electrons. The maximum Gasteiger partial charge on any atom is 0.277 e. The number of aryl methyl sites for hydroxylation is 2. The van der Waals surface area contributed by atoms with Crippen LogP contribution in [0.15, 0.2) is 53.6 Å². The molecule has 0 aliphatic carbocycles. The molecule has 0 saturated heterocycles. The predicted molar refractivity (Wildman–Crippen MR) is 88.2 cm³/mol. The summed E-state index contributed by atoms with van der Waals surface area (Å²) in [5, 5.41) is 3.94. The number of nitrogens with one attached hydrogen (secondary N) is 1. The SMILES string of the molecule is CCc1ccc(OCC(=O)N/N=C/c2ccccc2C)cc1. The molecule has 1 amide bonds. The zero-order valence-corrected chi connectivity index (χ0v) is 12.9. The molecule has 0 aliphatic rings. The van der Waals surface area contributed by atoms with Crippen molar-refractivity contribution in [3.8, 4) is 5.75 Å². The normalized spacial score (nSPS) is 10.6. The van der Waals surface area contributed by atoms with Gasteiger partial charge >= 0.3 is 0 Å². The van der Waals surface area contributed by atoms with E-state index in [1.165, 1.54) is 5.56 Å². The fraction of sp³-hybridized carbons (Fsp3) is 0.222. The van der Waals surface area contributed by atoms with Crippen molar-refractivity contribution >= 4 is 12.1 Å². The van der Waals surface area contributed by atoms with Gasteiger partial charge in [-0.15, -0.1) is 0 Å². The lowest BCUT2D eigenvalue weighted by Crippen LogP contribution is -2.24. The first-order valence-corrected chi connectivity index (χ1v) is 7.28. The van der Waals surface area contributed by atoms with Crippen molar-refractivity contribution in [2.75, 3.05) is 6.61 Å². The van der Waals surface area contributed by atoms with Crippen molar-refractivity contribution < 1.29 is 9.53 Å². The highest BCUT2D eigenvalue weighted by molar-refractivity contribution is 5.84. The second-order valence-electron chi connectivity index (χ2n) is 4.94. The molecule has 0 bridgehead atoms. The zero-order chi connectivity index (χ0) is 15.8. The third kappa shape index (κ3) is 4.74. The Kier molecular flexibility index (Phi) is 5.72. The van der Waals surface area contributed by atoms with Crippen LogP contribution >= 0.6 is 0 Å². The van der Waals surface area contributed by atoms with E-state index in [4.69, 9.17) is 4.74 Å². The summed E-state index contributed by atoms with van der Waals surface area (Å²) in [7, 11) is 0. The van der Waals surface area contributed by atoms with Gasteiger partial charge in [-0.3, -0.25) is 4.79 Å². The predicted octanol–water partition coefficient (Wildman–Crippen LogP) is 3.09. The van der Waals surface area contributed by atoms with Crippen LogP contribution in [-0.2, 0) is 11.2 Å². The number of rotatable bonds is 6. The van der Waals surface area contributed by atoms with Crippen molar-refractivity contribution in [2.45, 2.75) is 20.3 Å². The molecule has 0 saturated carbocycles. The molecule has 0 heterocycles. The van der Waals surface area contributed by atoms with E-state index in [9.17, 15) is 4.79 Å². The number of amides is 1. The van der Waals surface area contributed by atoms with E-state index < -0.39 is 0 Å². The number of carbonyl (C=O) groups is 1. The molecule has 0 aromatic heterocycles. The highest BCUT2D eigenvalue weighted by atomic mass is 16.5. The highest BCUT2D eigenvalue weighted by Gasteiger charge is 2.01. The Bertz CT molecular complexity index is 648. The van der Waals surface area contributed by atoms with Crippen LogP contribution in [0.2, 0.25) is 0 Å². The Hall–Kier alpha value is -2.62. The number of hydrogen-bond donors (Lipinski definition) is 1. The lowest BCUT2D eigenvalue weighted by atomic mass is 10.1. The molecule has 0 fully saturated rings. The monoisotopic (exact) mass is 296 g/mol. The van der Waals surface area contributed by atoms with Gasteiger partial charge in [0.1, 0.15) is 5.75 Å². The summed E-state index contributed by atoms with van der Waals surface area (Å²) in [6.07, 6.45) is 2.61. The second kappa shape index (κ2) is 7.98. The van der Waals surface area contributed by atoms with Gasteiger partial charge in [0.05, 0.1) is 6.21 Å². The first-order chi connectivity index (χ1) is 10.7. The molecule has 0 spiro atoms. The molecule has 4 nitrogen and oxygen atoms in total. The average Bonchev–Trinajstić information content (AvgIpc) is 2.55. The number of ether oxygens (including phenoxy) is 1. The van der Waals surface area contributed by atoms with Gasteiger partial charge in [-0.1, -0.05) is 43.3 Å². The second-order valence-corrected chi connectivity index (χ2v) is 4.94. The first kappa shape index (κ1) is 15.8. The quantitative estimate of drug-likeness (QED) is 0.658. The molecule has 22 heavy (non-hydrogen) atoms. The number of nitrogens with zero attached hydrogens (tertiary/aromatic N) is 1. The van der Waals surface area contributed by atoms with Crippen LogP contribution < -0.4 is 10.2 Å². The van der Waals surface area contributed by atoms with Crippen LogP contribution in [0.4, 0.5) is 0 Å². The van der Waals surface area contributed by atoms with Gasteiger partial charge < -0.3 is 4.74 Å². The van der Waals surface area contributed by atoms with Gasteiger partial charge in [0, 0.05) is 0 Å². The van der Waals surface area contributed by atoms with Crippen LogP contribution in [0.5, 0.6) is 5.75 Å². The third-order valence-corrected chi connectivity index (χ3v) is 3.28. The van der Waals surface area contributed by atoms with E-state index in [2.05, 4.69) is 17.5 Å². The van der Waals surface area contributed by atoms with E-state index in [0.29, 0.717) is 5.75 Å². The smallest absolute Gasteiger partial charge is 0.277 e. The van der Waals surface area contributed by atoms with E-state index in [1.54, 1.807) is 6.21 Å². The summed E-state index contributed by atoms with van der Waals surface area (Å²) in [5.74, 6) is 0.389. The lowest BCUT2D eigenvalue weighted by molar-refractivity contribution is -0.123. The van der Waals surface area contributed by atoms with E-state index >= 15 is 0 Å². The van der Waals surface area contributed by atoms with Crippen LogP contribution in [0.25, 0.3) is 0 Å². The maximum absolute atomic E-state index is 11.7. The largest absolute Gasteiger partial charge is 0.484 e. The van der Waals surface area contributed by atoms with Gasteiger partial charge in [0.15, 0.2) is 6.61 Å². The topological polar surface area (TPSA) is 50.7 Å². The first-order valence-electron chi connectivity index (χ1n) is 7.28. The zero-order valence-electron chi connectivity index (χ0n) is 12.9. The minimum Gasteiger partial charge on any atom is -0.484 e. The summed E-state index contributed by atoms with van der Waals surface area (Å²) < 4.78 is 5.41. The number of carbonyl (C=O) groups excluding carboxylic acids is 1. The molecule has 1 N–H and O–H groups in total. The minimum atomic E-state index is -0.288.